The third kappa shape index (κ3) is 7.93. The summed E-state index contributed by atoms with van der Waals surface area (Å²) < 4.78 is 17.5. The first-order valence-electron chi connectivity index (χ1n) is 17.4. The Kier molecular flexibility index (Phi) is 10.4. The highest BCUT2D eigenvalue weighted by molar-refractivity contribution is 7.13. The Morgan fingerprint density at radius 1 is 1.08 bits per heavy atom. The summed E-state index contributed by atoms with van der Waals surface area (Å²) in [7, 11) is 0. The van der Waals surface area contributed by atoms with E-state index in [9.17, 15) is 19.2 Å². The topological polar surface area (TPSA) is 149 Å². The lowest BCUT2D eigenvalue weighted by atomic mass is 10.0. The normalized spacial score (nSPS) is 26.4. The lowest BCUT2D eigenvalue weighted by molar-refractivity contribution is -0.150. The second kappa shape index (κ2) is 14.8. The molecule has 1 aromatic carbocycles. The molecule has 1 saturated heterocycles. The van der Waals surface area contributed by atoms with E-state index in [1.165, 1.54) is 16.2 Å². The number of amides is 3. The number of nitrogens with one attached hydrogen (secondary N) is 2. The molecule has 2 N–H and O–H groups in total. The molecule has 1 saturated carbocycles. The number of rotatable bonds is 6. The zero-order valence-electron chi connectivity index (χ0n) is 29.0. The SMILES string of the molecule is CCOC(=O)[C@@]12CC1/C=C\CCCCC[C@H](NC(=O)OC(C)(C)C)C(=O)N1C[C@H](Oc3nc4ccccc4nc3-c3cccs3)C[C@H]1C(=O)N2. The number of carbonyl (C=O) groups excluding carboxylic acids is 4. The van der Waals surface area contributed by atoms with E-state index < -0.39 is 53.2 Å². The second-order valence-electron chi connectivity index (χ2n) is 14.1. The number of esters is 1. The molecule has 0 spiro atoms. The maximum atomic E-state index is 14.4. The van der Waals surface area contributed by atoms with Crippen molar-refractivity contribution in [3.8, 4) is 16.5 Å². The summed E-state index contributed by atoms with van der Waals surface area (Å²) in [5, 5.41) is 7.72. The zero-order chi connectivity index (χ0) is 35.5. The first-order valence-corrected chi connectivity index (χ1v) is 18.3. The Labute approximate surface area is 296 Å². The number of carbonyl (C=O) groups is 4. The van der Waals surface area contributed by atoms with E-state index in [4.69, 9.17) is 24.2 Å². The molecule has 0 bridgehead atoms. The summed E-state index contributed by atoms with van der Waals surface area (Å²) in [4.78, 5) is 66.9. The van der Waals surface area contributed by atoms with E-state index in [1.54, 1.807) is 27.7 Å². The van der Waals surface area contributed by atoms with Gasteiger partial charge in [-0.2, -0.15) is 0 Å². The van der Waals surface area contributed by atoms with Crippen molar-refractivity contribution in [3.05, 3.63) is 53.9 Å². The van der Waals surface area contributed by atoms with Crippen molar-refractivity contribution in [1.29, 1.82) is 0 Å². The van der Waals surface area contributed by atoms with Crippen LogP contribution in [-0.4, -0.2) is 81.2 Å². The minimum absolute atomic E-state index is 0.0531. The fraction of sp³-hybridized carbons (Fsp3) is 0.514. The van der Waals surface area contributed by atoms with Crippen LogP contribution in [0.4, 0.5) is 4.79 Å². The number of alkyl carbamates (subject to hydrolysis) is 1. The molecule has 3 aromatic rings. The van der Waals surface area contributed by atoms with Gasteiger partial charge in [0.2, 0.25) is 17.7 Å². The predicted octanol–water partition coefficient (Wildman–Crippen LogP) is 5.56. The molecule has 1 aliphatic carbocycles. The average molecular weight is 704 g/mol. The monoisotopic (exact) mass is 703 g/mol. The van der Waals surface area contributed by atoms with Crippen molar-refractivity contribution < 1.29 is 33.4 Å². The van der Waals surface area contributed by atoms with Gasteiger partial charge in [-0.15, -0.1) is 11.3 Å². The van der Waals surface area contributed by atoms with Crippen LogP contribution < -0.4 is 15.4 Å². The molecule has 12 nitrogen and oxygen atoms in total. The number of fused-ring (bicyclic) bond motifs is 3. The highest BCUT2D eigenvalue weighted by Gasteiger charge is 2.62. The number of aromatic nitrogens is 2. The lowest BCUT2D eigenvalue weighted by Crippen LogP contribution is -2.56. The maximum Gasteiger partial charge on any atom is 0.408 e. The van der Waals surface area contributed by atoms with Crippen LogP contribution in [0.25, 0.3) is 21.6 Å². The molecule has 6 rings (SSSR count). The molecule has 0 radical (unpaired) electrons. The predicted molar refractivity (Wildman–Crippen MR) is 188 cm³/mol. The molecule has 266 valence electrons. The standard InChI is InChI=1S/C37H45N5O7S/c1-5-47-34(45)37-21-23(37)14-9-7-6-8-10-17-27(40-35(46)49-36(2,3)4)33(44)42-22-24(20-28(42)31(43)41-37)48-32-30(29-18-13-19-50-29)38-25-15-11-12-16-26(25)39-32/h9,11-16,18-19,23-24,27-28H,5-8,10,17,20-22H2,1-4H3,(H,40,46)(H,41,43)/b14-9-/t23?,24-,27+,28+,37-/m1/s1. The Morgan fingerprint density at radius 2 is 1.86 bits per heavy atom. The average Bonchev–Trinajstić information content (AvgIpc) is 3.38. The Balaban J connectivity index is 1.33. The van der Waals surface area contributed by atoms with Crippen LogP contribution in [0, 0.1) is 5.92 Å². The van der Waals surface area contributed by atoms with Crippen LogP contribution in [-0.2, 0) is 23.9 Å². The van der Waals surface area contributed by atoms with Gasteiger partial charge in [0.05, 0.1) is 29.1 Å². The van der Waals surface area contributed by atoms with Gasteiger partial charge >= 0.3 is 12.1 Å². The number of ether oxygens (including phenoxy) is 3. The van der Waals surface area contributed by atoms with Crippen LogP contribution in [0.5, 0.6) is 5.88 Å². The van der Waals surface area contributed by atoms with Crippen molar-refractivity contribution in [2.24, 2.45) is 5.92 Å². The molecule has 3 amide bonds. The number of allylic oxidation sites excluding steroid dienone is 1. The summed E-state index contributed by atoms with van der Waals surface area (Å²) in [6, 6.07) is 9.44. The maximum absolute atomic E-state index is 14.4. The first kappa shape index (κ1) is 35.3. The zero-order valence-corrected chi connectivity index (χ0v) is 29.8. The minimum Gasteiger partial charge on any atom is -0.471 e. The van der Waals surface area contributed by atoms with Gasteiger partial charge in [0, 0.05) is 12.3 Å². The van der Waals surface area contributed by atoms with Gasteiger partial charge in [-0.05, 0) is 77.0 Å². The molecule has 4 heterocycles. The van der Waals surface area contributed by atoms with E-state index in [0.717, 1.165) is 24.1 Å². The number of hydrogen-bond donors (Lipinski definition) is 2. The molecule has 1 unspecified atom stereocenters. The van der Waals surface area contributed by atoms with E-state index in [1.807, 2.05) is 53.9 Å². The van der Waals surface area contributed by atoms with Crippen LogP contribution in [0.15, 0.2) is 53.9 Å². The molecule has 2 aliphatic heterocycles. The van der Waals surface area contributed by atoms with Crippen LogP contribution in [0.3, 0.4) is 0 Å². The summed E-state index contributed by atoms with van der Waals surface area (Å²) in [5.41, 5.74) is -0.0443. The van der Waals surface area contributed by atoms with Crippen molar-refractivity contribution in [1.82, 2.24) is 25.5 Å². The summed E-state index contributed by atoms with van der Waals surface area (Å²) in [6.07, 6.45) is 6.76. The molecule has 3 aliphatic rings. The van der Waals surface area contributed by atoms with Crippen molar-refractivity contribution >= 4 is 46.2 Å². The van der Waals surface area contributed by atoms with Gasteiger partial charge in [0.1, 0.15) is 35.0 Å². The smallest absolute Gasteiger partial charge is 0.408 e. The lowest BCUT2D eigenvalue weighted by Gasteiger charge is -2.30. The quantitative estimate of drug-likeness (QED) is 0.249. The molecule has 50 heavy (non-hydrogen) atoms. The van der Waals surface area contributed by atoms with Crippen molar-refractivity contribution in [2.45, 2.75) is 102 Å². The number of benzene rings is 1. The molecular formula is C37H45N5O7S. The highest BCUT2D eigenvalue weighted by Crippen LogP contribution is 2.46. The third-order valence-electron chi connectivity index (χ3n) is 9.14. The van der Waals surface area contributed by atoms with Gasteiger partial charge in [0.25, 0.3) is 0 Å². The number of thiophene rings is 1. The largest absolute Gasteiger partial charge is 0.471 e. The highest BCUT2D eigenvalue weighted by atomic mass is 32.1. The van der Waals surface area contributed by atoms with Crippen LogP contribution in [0.2, 0.25) is 0 Å². The van der Waals surface area contributed by atoms with E-state index in [2.05, 4.69) is 10.6 Å². The first-order chi connectivity index (χ1) is 24.0. The van der Waals surface area contributed by atoms with Gasteiger partial charge < -0.3 is 29.7 Å². The Bertz CT molecular complexity index is 1760. The van der Waals surface area contributed by atoms with Gasteiger partial charge in [-0.25, -0.2) is 19.6 Å². The van der Waals surface area contributed by atoms with E-state index >= 15 is 0 Å². The van der Waals surface area contributed by atoms with Crippen LogP contribution >= 0.6 is 11.3 Å². The third-order valence-corrected chi connectivity index (χ3v) is 10.0. The fourth-order valence-corrected chi connectivity index (χ4v) is 7.35. The molecule has 2 fully saturated rings. The molecule has 5 atom stereocenters. The summed E-state index contributed by atoms with van der Waals surface area (Å²) in [5.74, 6) is -1.31. The van der Waals surface area contributed by atoms with E-state index in [-0.39, 0.29) is 25.5 Å². The van der Waals surface area contributed by atoms with E-state index in [0.29, 0.717) is 41.9 Å². The number of hydrogen-bond acceptors (Lipinski definition) is 10. The molecular weight excluding hydrogens is 659 g/mol. The minimum atomic E-state index is -1.21. The summed E-state index contributed by atoms with van der Waals surface area (Å²) in [6.45, 7) is 7.22. The van der Waals surface area contributed by atoms with Gasteiger partial charge in [-0.1, -0.05) is 43.2 Å². The molecule has 13 heteroatoms. The molecule has 2 aromatic heterocycles. The Hall–Kier alpha value is -4.52. The Morgan fingerprint density at radius 3 is 2.58 bits per heavy atom. The van der Waals surface area contributed by atoms with Crippen LogP contribution in [0.1, 0.15) is 72.6 Å². The van der Waals surface area contributed by atoms with Crippen molar-refractivity contribution in [3.63, 3.8) is 0 Å². The number of nitrogens with zero attached hydrogens (tertiary/aromatic N) is 3. The van der Waals surface area contributed by atoms with Crippen molar-refractivity contribution in [2.75, 3.05) is 13.2 Å². The fourth-order valence-electron chi connectivity index (χ4n) is 6.64. The second-order valence-corrected chi connectivity index (χ2v) is 15.0. The van der Waals surface area contributed by atoms with Gasteiger partial charge in [0.15, 0.2) is 0 Å². The van der Waals surface area contributed by atoms with Gasteiger partial charge in [-0.3, -0.25) is 9.59 Å². The summed E-state index contributed by atoms with van der Waals surface area (Å²) >= 11 is 1.50. The number of para-hydroxylation sites is 2.